The normalized spacial score (nSPS) is 10.5. The van der Waals surface area contributed by atoms with Gasteiger partial charge in [0.15, 0.2) is 0 Å². The third-order valence-corrected chi connectivity index (χ3v) is 2.41. The van der Waals surface area contributed by atoms with Gasteiger partial charge in [-0.15, -0.1) is 0 Å². The van der Waals surface area contributed by atoms with Crippen molar-refractivity contribution in [2.24, 2.45) is 0 Å². The smallest absolute Gasteiger partial charge is 0.0346 e. The van der Waals surface area contributed by atoms with Gasteiger partial charge < -0.3 is 0 Å². The molecule has 0 fully saturated rings. The summed E-state index contributed by atoms with van der Waals surface area (Å²) in [6.45, 7) is 2.07. The molecule has 0 radical (unpaired) electrons. The van der Waals surface area contributed by atoms with Crippen LogP contribution in [-0.4, -0.2) is 4.98 Å². The quantitative estimate of drug-likeness (QED) is 0.666. The van der Waals surface area contributed by atoms with Gasteiger partial charge >= 0.3 is 0 Å². The SMILES string of the molecule is Cc1cncc2cc(Br)ccc12. The van der Waals surface area contributed by atoms with E-state index in [1.165, 1.54) is 16.3 Å². The summed E-state index contributed by atoms with van der Waals surface area (Å²) < 4.78 is 1.10. The van der Waals surface area contributed by atoms with Crippen LogP contribution in [0, 0.1) is 6.92 Å². The number of fused-ring (bicyclic) bond motifs is 1. The van der Waals surface area contributed by atoms with Crippen LogP contribution in [0.5, 0.6) is 0 Å². The van der Waals surface area contributed by atoms with Gasteiger partial charge in [-0.2, -0.15) is 0 Å². The minimum Gasteiger partial charge on any atom is -0.264 e. The Bertz CT molecular complexity index is 423. The zero-order valence-electron chi connectivity index (χ0n) is 6.71. The van der Waals surface area contributed by atoms with E-state index >= 15 is 0 Å². The van der Waals surface area contributed by atoms with Crippen molar-refractivity contribution in [3.63, 3.8) is 0 Å². The number of rotatable bonds is 0. The molecule has 0 saturated heterocycles. The third-order valence-electron chi connectivity index (χ3n) is 1.92. The maximum atomic E-state index is 4.13. The molecule has 0 amide bonds. The van der Waals surface area contributed by atoms with Gasteiger partial charge in [-0.3, -0.25) is 4.98 Å². The molecule has 2 aromatic rings. The van der Waals surface area contributed by atoms with Crippen molar-refractivity contribution in [1.82, 2.24) is 4.98 Å². The van der Waals surface area contributed by atoms with E-state index < -0.39 is 0 Å². The molecule has 1 aromatic heterocycles. The molecule has 0 aliphatic rings. The van der Waals surface area contributed by atoms with E-state index in [2.05, 4.69) is 46.0 Å². The molecule has 0 unspecified atom stereocenters. The lowest BCUT2D eigenvalue weighted by Crippen LogP contribution is -1.80. The van der Waals surface area contributed by atoms with Gasteiger partial charge in [-0.1, -0.05) is 22.0 Å². The van der Waals surface area contributed by atoms with Crippen LogP contribution in [0.4, 0.5) is 0 Å². The predicted octanol–water partition coefficient (Wildman–Crippen LogP) is 3.31. The molecule has 0 spiro atoms. The van der Waals surface area contributed by atoms with Crippen molar-refractivity contribution in [2.75, 3.05) is 0 Å². The molecule has 2 heteroatoms. The Morgan fingerprint density at radius 3 is 2.92 bits per heavy atom. The first kappa shape index (κ1) is 7.74. The number of nitrogens with zero attached hydrogens (tertiary/aromatic N) is 1. The summed E-state index contributed by atoms with van der Waals surface area (Å²) in [5.41, 5.74) is 1.22. The highest BCUT2D eigenvalue weighted by Gasteiger charge is 1.96. The Morgan fingerprint density at radius 1 is 1.25 bits per heavy atom. The van der Waals surface area contributed by atoms with E-state index in [1.54, 1.807) is 0 Å². The summed E-state index contributed by atoms with van der Waals surface area (Å²) >= 11 is 3.43. The third kappa shape index (κ3) is 1.23. The van der Waals surface area contributed by atoms with Crippen LogP contribution in [0.25, 0.3) is 10.8 Å². The van der Waals surface area contributed by atoms with Gasteiger partial charge in [0.05, 0.1) is 0 Å². The van der Waals surface area contributed by atoms with Crippen LogP contribution in [0.3, 0.4) is 0 Å². The fraction of sp³-hybridized carbons (Fsp3) is 0.100. The second kappa shape index (κ2) is 2.87. The minimum atomic E-state index is 1.10. The first-order valence-corrected chi connectivity index (χ1v) is 4.56. The van der Waals surface area contributed by atoms with E-state index in [0.717, 1.165) is 4.47 Å². The van der Waals surface area contributed by atoms with Gasteiger partial charge in [0.1, 0.15) is 0 Å². The molecule has 0 atom stereocenters. The molecule has 0 saturated carbocycles. The Labute approximate surface area is 79.6 Å². The molecule has 12 heavy (non-hydrogen) atoms. The summed E-state index contributed by atoms with van der Waals surface area (Å²) in [4.78, 5) is 4.13. The molecule has 1 aromatic carbocycles. The number of halogens is 1. The van der Waals surface area contributed by atoms with Crippen molar-refractivity contribution >= 4 is 26.7 Å². The van der Waals surface area contributed by atoms with Crippen LogP contribution in [0.2, 0.25) is 0 Å². The van der Waals surface area contributed by atoms with Crippen LogP contribution < -0.4 is 0 Å². The number of hydrogen-bond donors (Lipinski definition) is 0. The highest BCUT2D eigenvalue weighted by atomic mass is 79.9. The van der Waals surface area contributed by atoms with E-state index in [4.69, 9.17) is 0 Å². The Balaban J connectivity index is 2.86. The van der Waals surface area contributed by atoms with Crippen LogP contribution in [-0.2, 0) is 0 Å². The van der Waals surface area contributed by atoms with Gasteiger partial charge in [0.2, 0.25) is 0 Å². The summed E-state index contributed by atoms with van der Waals surface area (Å²) in [5, 5.41) is 2.46. The number of benzene rings is 1. The van der Waals surface area contributed by atoms with Crippen molar-refractivity contribution in [2.45, 2.75) is 6.92 Å². The summed E-state index contributed by atoms with van der Waals surface area (Å²) in [5.74, 6) is 0. The average Bonchev–Trinajstić information content (AvgIpc) is 2.04. The van der Waals surface area contributed by atoms with E-state index in [1.807, 2.05) is 12.4 Å². The van der Waals surface area contributed by atoms with Crippen molar-refractivity contribution in [3.05, 3.63) is 40.6 Å². The summed E-state index contributed by atoms with van der Waals surface area (Å²) in [7, 11) is 0. The first-order chi connectivity index (χ1) is 5.77. The molecule has 60 valence electrons. The topological polar surface area (TPSA) is 12.9 Å². The second-order valence-corrected chi connectivity index (χ2v) is 3.74. The highest BCUT2D eigenvalue weighted by Crippen LogP contribution is 2.20. The number of aromatic nitrogens is 1. The summed E-state index contributed by atoms with van der Waals surface area (Å²) in [6.07, 6.45) is 3.77. The van der Waals surface area contributed by atoms with Gasteiger partial charge in [-0.25, -0.2) is 0 Å². The monoisotopic (exact) mass is 221 g/mol. The molecule has 0 bridgehead atoms. The molecule has 0 N–H and O–H groups in total. The Kier molecular flexibility index (Phi) is 1.85. The van der Waals surface area contributed by atoms with Crippen molar-refractivity contribution in [3.8, 4) is 0 Å². The maximum Gasteiger partial charge on any atom is 0.0346 e. The number of aryl methyl sites for hydroxylation is 1. The van der Waals surface area contributed by atoms with Gasteiger partial charge in [0, 0.05) is 22.3 Å². The van der Waals surface area contributed by atoms with Gasteiger partial charge in [-0.05, 0) is 30.0 Å². The lowest BCUT2D eigenvalue weighted by atomic mass is 10.1. The van der Waals surface area contributed by atoms with Crippen molar-refractivity contribution in [1.29, 1.82) is 0 Å². The maximum absolute atomic E-state index is 4.13. The molecule has 0 aliphatic heterocycles. The first-order valence-electron chi connectivity index (χ1n) is 3.77. The number of hydrogen-bond acceptors (Lipinski definition) is 1. The molecule has 1 nitrogen and oxygen atoms in total. The average molecular weight is 222 g/mol. The second-order valence-electron chi connectivity index (χ2n) is 2.82. The lowest BCUT2D eigenvalue weighted by molar-refractivity contribution is 1.31. The van der Waals surface area contributed by atoms with Gasteiger partial charge in [0.25, 0.3) is 0 Å². The largest absolute Gasteiger partial charge is 0.264 e. The lowest BCUT2D eigenvalue weighted by Gasteiger charge is -2.00. The van der Waals surface area contributed by atoms with E-state index in [0.29, 0.717) is 0 Å². The minimum absolute atomic E-state index is 1.10. The van der Waals surface area contributed by atoms with E-state index in [-0.39, 0.29) is 0 Å². The standard InChI is InChI=1S/C10H8BrN/c1-7-5-12-6-8-4-9(11)2-3-10(7)8/h2-6H,1H3. The van der Waals surface area contributed by atoms with E-state index in [9.17, 15) is 0 Å². The fourth-order valence-corrected chi connectivity index (χ4v) is 1.68. The fourth-order valence-electron chi connectivity index (χ4n) is 1.30. The zero-order valence-corrected chi connectivity index (χ0v) is 8.30. The van der Waals surface area contributed by atoms with Crippen LogP contribution in [0.1, 0.15) is 5.56 Å². The Morgan fingerprint density at radius 2 is 2.08 bits per heavy atom. The molecular formula is C10H8BrN. The molecular weight excluding hydrogens is 214 g/mol. The van der Waals surface area contributed by atoms with Crippen LogP contribution >= 0.6 is 15.9 Å². The summed E-state index contributed by atoms with van der Waals surface area (Å²) in [6, 6.07) is 6.24. The number of pyridine rings is 1. The van der Waals surface area contributed by atoms with Crippen molar-refractivity contribution < 1.29 is 0 Å². The predicted molar refractivity (Wildman–Crippen MR) is 54.2 cm³/mol. The molecule has 0 aliphatic carbocycles. The zero-order chi connectivity index (χ0) is 8.55. The van der Waals surface area contributed by atoms with Crippen LogP contribution in [0.15, 0.2) is 35.1 Å². The molecule has 2 rings (SSSR count). The molecule has 1 heterocycles. The highest BCUT2D eigenvalue weighted by molar-refractivity contribution is 9.10. The Hall–Kier alpha value is -0.890.